The molecule has 1 aliphatic rings. The van der Waals surface area contributed by atoms with Gasteiger partial charge in [0.1, 0.15) is 22.3 Å². The molecule has 0 saturated carbocycles. The second-order valence-corrected chi connectivity index (χ2v) is 10.5. The number of likely N-dealkylation sites (tertiary alicyclic amines) is 1. The molecule has 0 radical (unpaired) electrons. The Kier molecular flexibility index (Phi) is 7.60. The molecule has 12 heteroatoms. The third-order valence-corrected chi connectivity index (χ3v) is 7.75. The van der Waals surface area contributed by atoms with Crippen molar-refractivity contribution in [1.82, 2.24) is 19.4 Å². The molecular weight excluding hydrogens is 544 g/mol. The van der Waals surface area contributed by atoms with Crippen LogP contribution in [0.4, 0.5) is 13.2 Å². The van der Waals surface area contributed by atoms with E-state index in [0.717, 1.165) is 6.07 Å². The van der Waals surface area contributed by atoms with Gasteiger partial charge in [0, 0.05) is 38.1 Å². The van der Waals surface area contributed by atoms with Gasteiger partial charge in [-0.2, -0.15) is 13.2 Å². The molecule has 1 amide bonds. The highest BCUT2D eigenvalue weighted by atomic mass is 35.5. The fourth-order valence-electron chi connectivity index (χ4n) is 4.97. The number of amides is 1. The summed E-state index contributed by atoms with van der Waals surface area (Å²) >= 11 is 12.8. The maximum atomic E-state index is 13.6. The summed E-state index contributed by atoms with van der Waals surface area (Å²) in [6.07, 6.45) is -2.34. The van der Waals surface area contributed by atoms with Gasteiger partial charge in [-0.1, -0.05) is 30.1 Å². The molecule has 0 N–H and O–H groups in total. The van der Waals surface area contributed by atoms with E-state index in [1.165, 1.54) is 30.8 Å². The summed E-state index contributed by atoms with van der Waals surface area (Å²) in [4.78, 5) is 47.8. The van der Waals surface area contributed by atoms with Crippen LogP contribution in [0.2, 0.25) is 10.2 Å². The van der Waals surface area contributed by atoms with E-state index in [-0.39, 0.29) is 50.3 Å². The average Bonchev–Trinajstić information content (AvgIpc) is 3.16. The van der Waals surface area contributed by atoms with Crippen molar-refractivity contribution in [2.45, 2.75) is 39.8 Å². The number of piperidine rings is 1. The van der Waals surface area contributed by atoms with E-state index < -0.39 is 23.6 Å². The highest BCUT2D eigenvalue weighted by Crippen LogP contribution is 2.35. The SMILES string of the molecule is CC(=O)C[C@@H]1CCN(C(=O)c2cnc(Cl)c(C(=O)c3cc4c(C)cc(C(F)(F)F)nc4n3C)c2Cl)C[C@@H]1C. The van der Waals surface area contributed by atoms with Gasteiger partial charge in [-0.3, -0.25) is 9.59 Å². The van der Waals surface area contributed by atoms with Gasteiger partial charge in [-0.15, -0.1) is 0 Å². The lowest BCUT2D eigenvalue weighted by molar-refractivity contribution is -0.141. The Morgan fingerprint density at radius 3 is 2.47 bits per heavy atom. The number of carbonyl (C=O) groups is 3. The number of nitrogens with zero attached hydrogens (tertiary/aromatic N) is 4. The van der Waals surface area contributed by atoms with Crippen molar-refractivity contribution >= 4 is 51.7 Å². The molecule has 4 rings (SSSR count). The zero-order valence-corrected chi connectivity index (χ0v) is 22.6. The first-order chi connectivity index (χ1) is 17.7. The van der Waals surface area contributed by atoms with E-state index in [4.69, 9.17) is 23.2 Å². The highest BCUT2D eigenvalue weighted by Gasteiger charge is 2.35. The van der Waals surface area contributed by atoms with Crippen molar-refractivity contribution in [3.63, 3.8) is 0 Å². The molecule has 0 aliphatic carbocycles. The van der Waals surface area contributed by atoms with Crippen molar-refractivity contribution in [3.8, 4) is 0 Å². The van der Waals surface area contributed by atoms with Gasteiger partial charge in [0.25, 0.3) is 5.91 Å². The summed E-state index contributed by atoms with van der Waals surface area (Å²) in [6, 6.07) is 2.33. The quantitative estimate of drug-likeness (QED) is 0.282. The molecule has 0 spiro atoms. The highest BCUT2D eigenvalue weighted by molar-refractivity contribution is 6.42. The standard InChI is InChI=1S/C26H25Cl2F3N4O3/c1-12-7-19(26(29,30)31)33-24-16(12)9-18(34(24)4)22(37)20-21(27)17(10-32-23(20)28)25(38)35-6-5-15(8-14(3)36)13(2)11-35/h7,9-10,13,15H,5-6,8,11H2,1-4H3/t13-,15-/m0/s1. The average molecular weight is 569 g/mol. The summed E-state index contributed by atoms with van der Waals surface area (Å²) in [6.45, 7) is 5.84. The first-order valence-corrected chi connectivity index (χ1v) is 12.7. The summed E-state index contributed by atoms with van der Waals surface area (Å²) in [5.74, 6) is -0.767. The Morgan fingerprint density at radius 1 is 1.18 bits per heavy atom. The predicted octanol–water partition coefficient (Wildman–Crippen LogP) is 5.91. The molecule has 202 valence electrons. The van der Waals surface area contributed by atoms with Crippen LogP contribution >= 0.6 is 23.2 Å². The number of pyridine rings is 2. The Bertz CT molecular complexity index is 1470. The number of aryl methyl sites for hydroxylation is 2. The van der Waals surface area contributed by atoms with Crippen molar-refractivity contribution < 1.29 is 27.6 Å². The van der Waals surface area contributed by atoms with E-state index in [1.807, 2.05) is 6.92 Å². The van der Waals surface area contributed by atoms with Gasteiger partial charge in [0.15, 0.2) is 0 Å². The molecule has 3 aromatic rings. The Morgan fingerprint density at radius 2 is 1.87 bits per heavy atom. The van der Waals surface area contributed by atoms with Crippen LogP contribution in [0.5, 0.6) is 0 Å². The molecular formula is C26H25Cl2F3N4O3. The second kappa shape index (κ2) is 10.3. The van der Waals surface area contributed by atoms with Crippen LogP contribution in [0.3, 0.4) is 0 Å². The predicted molar refractivity (Wildman–Crippen MR) is 137 cm³/mol. The van der Waals surface area contributed by atoms with Crippen LogP contribution in [-0.2, 0) is 18.0 Å². The molecule has 38 heavy (non-hydrogen) atoms. The zero-order chi connectivity index (χ0) is 28.1. The molecule has 2 atom stereocenters. The van der Waals surface area contributed by atoms with Gasteiger partial charge in [0.2, 0.25) is 5.78 Å². The molecule has 0 bridgehead atoms. The Labute approximate surface area is 226 Å². The molecule has 7 nitrogen and oxygen atoms in total. The molecule has 0 aromatic carbocycles. The lowest BCUT2D eigenvalue weighted by Gasteiger charge is -2.36. The second-order valence-electron chi connectivity index (χ2n) is 9.81. The van der Waals surface area contributed by atoms with Gasteiger partial charge < -0.3 is 14.3 Å². The number of carbonyl (C=O) groups excluding carboxylic acids is 3. The molecule has 1 aliphatic heterocycles. The van der Waals surface area contributed by atoms with E-state index >= 15 is 0 Å². The van der Waals surface area contributed by atoms with Crippen molar-refractivity contribution in [2.75, 3.05) is 13.1 Å². The van der Waals surface area contributed by atoms with Crippen LogP contribution in [0.25, 0.3) is 11.0 Å². The molecule has 1 saturated heterocycles. The number of rotatable bonds is 5. The number of hydrogen-bond acceptors (Lipinski definition) is 5. The number of Topliss-reactive ketones (excluding diaryl/α,β-unsaturated/α-hetero) is 1. The number of fused-ring (bicyclic) bond motifs is 1. The first-order valence-electron chi connectivity index (χ1n) is 11.9. The number of hydrogen-bond donors (Lipinski definition) is 0. The van der Waals surface area contributed by atoms with Crippen LogP contribution in [0.1, 0.15) is 64.4 Å². The van der Waals surface area contributed by atoms with E-state index in [0.29, 0.717) is 36.9 Å². The smallest absolute Gasteiger partial charge is 0.338 e. The van der Waals surface area contributed by atoms with Gasteiger partial charge in [0.05, 0.1) is 21.8 Å². The number of alkyl halides is 3. The number of aromatic nitrogens is 3. The fraction of sp³-hybridized carbons (Fsp3) is 0.423. The van der Waals surface area contributed by atoms with E-state index in [1.54, 1.807) is 11.8 Å². The van der Waals surface area contributed by atoms with Gasteiger partial charge >= 0.3 is 6.18 Å². The van der Waals surface area contributed by atoms with Crippen LogP contribution in [0, 0.1) is 18.8 Å². The third kappa shape index (κ3) is 5.16. The monoisotopic (exact) mass is 568 g/mol. The van der Waals surface area contributed by atoms with Crippen molar-refractivity contribution in [2.24, 2.45) is 18.9 Å². The maximum Gasteiger partial charge on any atom is 0.433 e. The van der Waals surface area contributed by atoms with E-state index in [2.05, 4.69) is 9.97 Å². The largest absolute Gasteiger partial charge is 0.433 e. The number of halogens is 5. The number of ketones is 2. The van der Waals surface area contributed by atoms with Crippen molar-refractivity contribution in [3.05, 3.63) is 56.6 Å². The van der Waals surface area contributed by atoms with Crippen molar-refractivity contribution in [1.29, 1.82) is 0 Å². The summed E-state index contributed by atoms with van der Waals surface area (Å²) < 4.78 is 41.2. The minimum Gasteiger partial charge on any atom is -0.338 e. The third-order valence-electron chi connectivity index (χ3n) is 7.08. The first kappa shape index (κ1) is 28.0. The topological polar surface area (TPSA) is 85.2 Å². The summed E-state index contributed by atoms with van der Waals surface area (Å²) in [7, 11) is 1.42. The molecule has 0 unspecified atom stereocenters. The molecule has 3 aromatic heterocycles. The van der Waals surface area contributed by atoms with Crippen LogP contribution in [-0.4, -0.2) is 50.0 Å². The minimum absolute atomic E-state index is 0.0101. The molecule has 1 fully saturated rings. The Hall–Kier alpha value is -2.98. The van der Waals surface area contributed by atoms with Gasteiger partial charge in [-0.25, -0.2) is 9.97 Å². The zero-order valence-electron chi connectivity index (χ0n) is 21.1. The molecule has 4 heterocycles. The lowest BCUT2D eigenvalue weighted by Crippen LogP contribution is -2.43. The van der Waals surface area contributed by atoms with Crippen LogP contribution in [0.15, 0.2) is 18.3 Å². The van der Waals surface area contributed by atoms with Gasteiger partial charge in [-0.05, 0) is 49.8 Å². The summed E-state index contributed by atoms with van der Waals surface area (Å²) in [5, 5.41) is -0.0702. The summed E-state index contributed by atoms with van der Waals surface area (Å²) in [5.41, 5.74) is -1.06. The van der Waals surface area contributed by atoms with Crippen LogP contribution < -0.4 is 0 Å². The maximum absolute atomic E-state index is 13.6. The minimum atomic E-state index is -4.66. The lowest BCUT2D eigenvalue weighted by atomic mass is 9.83. The Balaban J connectivity index is 1.69. The fourth-order valence-corrected chi connectivity index (χ4v) is 5.55. The van der Waals surface area contributed by atoms with E-state index in [9.17, 15) is 27.6 Å². The normalized spacial score (nSPS) is 18.2.